The summed E-state index contributed by atoms with van der Waals surface area (Å²) < 4.78 is 0. The summed E-state index contributed by atoms with van der Waals surface area (Å²) in [5, 5.41) is 1.05. The van der Waals surface area contributed by atoms with Crippen molar-refractivity contribution in [3.8, 4) is 11.3 Å². The number of fused-ring (bicyclic) bond motifs is 1. The molecule has 0 aliphatic carbocycles. The van der Waals surface area contributed by atoms with Gasteiger partial charge in [-0.05, 0) is 31.5 Å². The molecule has 0 saturated heterocycles. The lowest BCUT2D eigenvalue weighted by Crippen LogP contribution is -2.31. The lowest BCUT2D eigenvalue weighted by atomic mass is 10.0. The average Bonchev–Trinajstić information content (AvgIpc) is 2.63. The first kappa shape index (κ1) is 16.2. The number of amides is 1. The summed E-state index contributed by atoms with van der Waals surface area (Å²) in [5.41, 5.74) is 3.95. The molecule has 24 heavy (non-hydrogen) atoms. The Balaban J connectivity index is 2.07. The highest BCUT2D eigenvalue weighted by Gasteiger charge is 2.14. The number of nitrogens with zero attached hydrogens (tertiary/aromatic N) is 2. The molecule has 3 heteroatoms. The minimum atomic E-state index is 0.162. The van der Waals surface area contributed by atoms with Crippen molar-refractivity contribution < 1.29 is 4.79 Å². The Bertz CT molecular complexity index is 839. The summed E-state index contributed by atoms with van der Waals surface area (Å²) in [6, 6.07) is 20.2. The maximum Gasteiger partial charge on any atom is 0.226 e. The SMILES string of the molecule is CCN(CC)C(=O)Cc1cc(-c2ccccc2)nc2ccccc12. The van der Waals surface area contributed by atoms with Crippen molar-refractivity contribution in [3.05, 3.63) is 66.2 Å². The molecule has 0 unspecified atom stereocenters. The van der Waals surface area contributed by atoms with Crippen molar-refractivity contribution >= 4 is 16.8 Å². The third kappa shape index (κ3) is 3.30. The van der Waals surface area contributed by atoms with Crippen molar-refractivity contribution in [2.75, 3.05) is 13.1 Å². The van der Waals surface area contributed by atoms with E-state index in [4.69, 9.17) is 4.98 Å². The van der Waals surface area contributed by atoms with Crippen molar-refractivity contribution in [2.45, 2.75) is 20.3 Å². The summed E-state index contributed by atoms with van der Waals surface area (Å²) in [4.78, 5) is 19.2. The second-order valence-corrected chi connectivity index (χ2v) is 5.79. The van der Waals surface area contributed by atoms with Crippen LogP contribution in [0.2, 0.25) is 0 Å². The van der Waals surface area contributed by atoms with E-state index in [1.54, 1.807) is 0 Å². The highest BCUT2D eigenvalue weighted by Crippen LogP contribution is 2.25. The highest BCUT2D eigenvalue weighted by molar-refractivity contribution is 5.90. The Morgan fingerprint density at radius 1 is 0.958 bits per heavy atom. The molecule has 0 aliphatic heterocycles. The summed E-state index contributed by atoms with van der Waals surface area (Å²) >= 11 is 0. The van der Waals surface area contributed by atoms with E-state index in [0.29, 0.717) is 6.42 Å². The number of benzene rings is 2. The topological polar surface area (TPSA) is 33.2 Å². The van der Waals surface area contributed by atoms with E-state index in [-0.39, 0.29) is 5.91 Å². The van der Waals surface area contributed by atoms with E-state index in [2.05, 4.69) is 6.07 Å². The Labute approximate surface area is 143 Å². The predicted octanol–water partition coefficient (Wildman–Crippen LogP) is 4.31. The first-order valence-electron chi connectivity index (χ1n) is 8.44. The van der Waals surface area contributed by atoms with Gasteiger partial charge in [0.2, 0.25) is 5.91 Å². The second kappa shape index (κ2) is 7.26. The van der Waals surface area contributed by atoms with Crippen LogP contribution in [0.15, 0.2) is 60.7 Å². The number of hydrogen-bond donors (Lipinski definition) is 0. The third-order valence-electron chi connectivity index (χ3n) is 4.33. The van der Waals surface area contributed by atoms with Crippen LogP contribution in [0.25, 0.3) is 22.2 Å². The average molecular weight is 318 g/mol. The number of para-hydroxylation sites is 1. The van der Waals surface area contributed by atoms with Gasteiger partial charge in [0.15, 0.2) is 0 Å². The Morgan fingerprint density at radius 3 is 2.33 bits per heavy atom. The fourth-order valence-electron chi connectivity index (χ4n) is 3.00. The fraction of sp³-hybridized carbons (Fsp3) is 0.238. The van der Waals surface area contributed by atoms with Crippen molar-refractivity contribution in [3.63, 3.8) is 0 Å². The van der Waals surface area contributed by atoms with Gasteiger partial charge in [0.1, 0.15) is 0 Å². The number of carbonyl (C=O) groups is 1. The van der Waals surface area contributed by atoms with E-state index >= 15 is 0 Å². The van der Waals surface area contributed by atoms with Crippen LogP contribution in [0.1, 0.15) is 19.4 Å². The van der Waals surface area contributed by atoms with Gasteiger partial charge in [-0.3, -0.25) is 4.79 Å². The maximum atomic E-state index is 12.6. The van der Waals surface area contributed by atoms with Gasteiger partial charge >= 0.3 is 0 Å². The van der Waals surface area contributed by atoms with Crippen LogP contribution in [-0.2, 0) is 11.2 Å². The molecule has 0 N–H and O–H groups in total. The Hall–Kier alpha value is -2.68. The van der Waals surface area contributed by atoms with E-state index in [1.807, 2.05) is 73.3 Å². The molecule has 0 spiro atoms. The zero-order valence-corrected chi connectivity index (χ0v) is 14.2. The van der Waals surface area contributed by atoms with Crippen LogP contribution < -0.4 is 0 Å². The summed E-state index contributed by atoms with van der Waals surface area (Å²) in [6.45, 7) is 5.51. The number of likely N-dealkylation sites (N-methyl/N-ethyl adjacent to an activating group) is 1. The lowest BCUT2D eigenvalue weighted by Gasteiger charge is -2.19. The van der Waals surface area contributed by atoms with Crippen LogP contribution in [0.3, 0.4) is 0 Å². The molecule has 0 atom stereocenters. The summed E-state index contributed by atoms with van der Waals surface area (Å²) in [5.74, 6) is 0.162. The van der Waals surface area contributed by atoms with Gasteiger partial charge in [-0.2, -0.15) is 0 Å². The molecule has 3 nitrogen and oxygen atoms in total. The van der Waals surface area contributed by atoms with E-state index in [1.165, 1.54) is 0 Å². The van der Waals surface area contributed by atoms with Gasteiger partial charge in [-0.15, -0.1) is 0 Å². The summed E-state index contributed by atoms with van der Waals surface area (Å²) in [6.07, 6.45) is 0.407. The molecule has 1 aromatic heterocycles. The molecule has 3 aromatic rings. The highest BCUT2D eigenvalue weighted by atomic mass is 16.2. The number of pyridine rings is 1. The lowest BCUT2D eigenvalue weighted by molar-refractivity contribution is -0.130. The molecule has 3 rings (SSSR count). The zero-order chi connectivity index (χ0) is 16.9. The number of hydrogen-bond acceptors (Lipinski definition) is 2. The van der Waals surface area contributed by atoms with Crippen LogP contribution in [0, 0.1) is 0 Å². The van der Waals surface area contributed by atoms with Gasteiger partial charge in [-0.1, -0.05) is 48.5 Å². The van der Waals surface area contributed by atoms with Gasteiger partial charge in [0.25, 0.3) is 0 Å². The molecule has 0 bridgehead atoms. The molecular formula is C21H22N2O. The quantitative estimate of drug-likeness (QED) is 0.702. The minimum Gasteiger partial charge on any atom is -0.343 e. The number of aromatic nitrogens is 1. The van der Waals surface area contributed by atoms with E-state index in [0.717, 1.165) is 40.8 Å². The first-order valence-corrected chi connectivity index (χ1v) is 8.44. The van der Waals surface area contributed by atoms with Gasteiger partial charge in [-0.25, -0.2) is 4.98 Å². The predicted molar refractivity (Wildman–Crippen MR) is 98.8 cm³/mol. The number of rotatable bonds is 5. The zero-order valence-electron chi connectivity index (χ0n) is 14.2. The molecule has 0 aliphatic rings. The molecule has 0 radical (unpaired) electrons. The van der Waals surface area contributed by atoms with Crippen molar-refractivity contribution in [1.29, 1.82) is 0 Å². The first-order chi connectivity index (χ1) is 11.7. The fourth-order valence-corrected chi connectivity index (χ4v) is 3.00. The third-order valence-corrected chi connectivity index (χ3v) is 4.33. The minimum absolute atomic E-state index is 0.162. The maximum absolute atomic E-state index is 12.6. The normalized spacial score (nSPS) is 10.8. The van der Waals surface area contributed by atoms with Gasteiger partial charge in [0, 0.05) is 24.0 Å². The standard InChI is InChI=1S/C21H22N2O/c1-3-23(4-2)21(24)15-17-14-20(16-10-6-5-7-11-16)22-19-13-9-8-12-18(17)19/h5-14H,3-4,15H2,1-2H3. The molecule has 1 heterocycles. The van der Waals surface area contributed by atoms with Crippen LogP contribution in [-0.4, -0.2) is 28.9 Å². The van der Waals surface area contributed by atoms with Crippen molar-refractivity contribution in [1.82, 2.24) is 9.88 Å². The van der Waals surface area contributed by atoms with E-state index in [9.17, 15) is 4.79 Å². The van der Waals surface area contributed by atoms with Crippen LogP contribution in [0.4, 0.5) is 0 Å². The van der Waals surface area contributed by atoms with Crippen LogP contribution in [0.5, 0.6) is 0 Å². The van der Waals surface area contributed by atoms with E-state index < -0.39 is 0 Å². The van der Waals surface area contributed by atoms with Crippen LogP contribution >= 0.6 is 0 Å². The monoisotopic (exact) mass is 318 g/mol. The molecule has 0 fully saturated rings. The molecule has 2 aromatic carbocycles. The van der Waals surface area contributed by atoms with Gasteiger partial charge < -0.3 is 4.90 Å². The molecule has 0 saturated carbocycles. The molecule has 122 valence electrons. The number of carbonyl (C=O) groups excluding carboxylic acids is 1. The smallest absolute Gasteiger partial charge is 0.226 e. The molecular weight excluding hydrogens is 296 g/mol. The second-order valence-electron chi connectivity index (χ2n) is 5.79. The van der Waals surface area contributed by atoms with Crippen molar-refractivity contribution in [2.24, 2.45) is 0 Å². The Kier molecular flexibility index (Phi) is 4.90. The molecule has 1 amide bonds. The Morgan fingerprint density at radius 2 is 1.62 bits per heavy atom. The van der Waals surface area contributed by atoms with Gasteiger partial charge in [0.05, 0.1) is 17.6 Å². The largest absolute Gasteiger partial charge is 0.343 e. The summed E-state index contributed by atoms with van der Waals surface area (Å²) in [7, 11) is 0.